The maximum atomic E-state index is 4.65. The lowest BCUT2D eigenvalue weighted by Crippen LogP contribution is -2.29. The highest BCUT2D eigenvalue weighted by Crippen LogP contribution is 2.57. The van der Waals surface area contributed by atoms with E-state index in [1.54, 1.807) is 0 Å². The Morgan fingerprint density at radius 1 is 0.516 bits per heavy atom. The summed E-state index contributed by atoms with van der Waals surface area (Å²) in [6.07, 6.45) is 0. The molecule has 6 heteroatoms. The summed E-state index contributed by atoms with van der Waals surface area (Å²) in [4.78, 5) is 1.76. The summed E-state index contributed by atoms with van der Waals surface area (Å²) < 4.78 is 3.80. The molecule has 0 heterocycles. The van der Waals surface area contributed by atoms with Crippen molar-refractivity contribution < 1.29 is 0 Å². The molecular weight excluding hydrogens is 684 g/mol. The summed E-state index contributed by atoms with van der Waals surface area (Å²) in [5.74, 6) is 0. The summed E-state index contributed by atoms with van der Waals surface area (Å²) >= 11 is 24.2. The maximum absolute atomic E-state index is 4.65. The molecule has 0 N–H and O–H groups in total. The zero-order valence-electron chi connectivity index (χ0n) is 15.8. The molecule has 31 heavy (non-hydrogen) atoms. The van der Waals surface area contributed by atoms with E-state index in [9.17, 15) is 0 Å². The predicted molar refractivity (Wildman–Crippen MR) is 149 cm³/mol. The van der Waals surface area contributed by atoms with Crippen molar-refractivity contribution in [2.24, 2.45) is 0 Å². The van der Waals surface area contributed by atoms with Gasteiger partial charge in [0, 0.05) is 27.7 Å². The average molecular weight is 698 g/mol. The summed E-state index contributed by atoms with van der Waals surface area (Å²) in [6, 6.07) is 26.1. The highest BCUT2D eigenvalue weighted by molar-refractivity contribution is 9.11. The predicted octanol–water partition coefficient (Wildman–Crippen LogP) is 9.68. The van der Waals surface area contributed by atoms with Gasteiger partial charge in [-0.25, -0.2) is 0 Å². The molecule has 154 valence electrons. The van der Waals surface area contributed by atoms with Crippen LogP contribution in [-0.2, 0) is 5.41 Å². The molecule has 1 aliphatic rings. The molecule has 4 aromatic carbocycles. The van der Waals surface area contributed by atoms with Gasteiger partial charge in [0.1, 0.15) is 0 Å². The summed E-state index contributed by atoms with van der Waals surface area (Å²) in [6.45, 7) is 0. The molecule has 0 saturated heterocycles. The summed E-state index contributed by atoms with van der Waals surface area (Å²) in [7, 11) is 0. The molecule has 0 spiro atoms. The van der Waals surface area contributed by atoms with Gasteiger partial charge in [0.05, 0.1) is 5.41 Å². The van der Waals surface area contributed by atoms with E-state index in [-0.39, 0.29) is 0 Å². The molecule has 0 radical (unpaired) electrons. The van der Waals surface area contributed by atoms with E-state index < -0.39 is 5.41 Å². The first kappa shape index (κ1) is 22.3. The largest absolute Gasteiger partial charge is 0.141 e. The number of fused-ring (bicyclic) bond motifs is 3. The molecule has 0 aromatic heterocycles. The van der Waals surface area contributed by atoms with Crippen LogP contribution in [0.1, 0.15) is 22.3 Å². The third kappa shape index (κ3) is 3.36. The van der Waals surface area contributed by atoms with Crippen LogP contribution >= 0.6 is 89.0 Å². The molecule has 4 aromatic rings. The van der Waals surface area contributed by atoms with Gasteiger partial charge in [-0.15, -0.1) is 25.3 Å². The Bertz CT molecular complexity index is 1210. The van der Waals surface area contributed by atoms with Gasteiger partial charge in [-0.05, 0) is 121 Å². The SMILES string of the molecule is Sc1c(Br)cc(C2(c3cc(Br)c(S)c(Br)c3)c3ccccc3-c3ccccc32)cc1Br. The van der Waals surface area contributed by atoms with E-state index in [0.717, 1.165) is 38.8 Å². The highest BCUT2D eigenvalue weighted by atomic mass is 79.9. The van der Waals surface area contributed by atoms with Crippen molar-refractivity contribution in [2.75, 3.05) is 0 Å². The molecule has 0 bridgehead atoms. The van der Waals surface area contributed by atoms with Crippen LogP contribution in [0.4, 0.5) is 0 Å². The first-order valence-electron chi connectivity index (χ1n) is 9.42. The minimum atomic E-state index is -0.494. The van der Waals surface area contributed by atoms with Crippen molar-refractivity contribution in [1.29, 1.82) is 0 Å². The summed E-state index contributed by atoms with van der Waals surface area (Å²) in [5, 5.41) is 0. The second kappa shape index (κ2) is 8.37. The Morgan fingerprint density at radius 3 is 1.19 bits per heavy atom. The molecule has 5 rings (SSSR count). The molecule has 0 nitrogen and oxygen atoms in total. The van der Waals surface area contributed by atoms with Crippen LogP contribution in [-0.4, -0.2) is 0 Å². The first-order chi connectivity index (χ1) is 14.9. The van der Waals surface area contributed by atoms with Crippen molar-refractivity contribution in [3.63, 3.8) is 0 Å². The molecule has 0 saturated carbocycles. The Balaban J connectivity index is 2.00. The van der Waals surface area contributed by atoms with E-state index >= 15 is 0 Å². The fraction of sp³-hybridized carbons (Fsp3) is 0.0400. The molecule has 1 aliphatic carbocycles. The minimum Gasteiger partial charge on any atom is -0.141 e. The van der Waals surface area contributed by atoms with Crippen LogP contribution in [0.5, 0.6) is 0 Å². The van der Waals surface area contributed by atoms with Crippen LogP contribution < -0.4 is 0 Å². The quantitative estimate of drug-likeness (QED) is 0.169. The van der Waals surface area contributed by atoms with Gasteiger partial charge in [0.15, 0.2) is 0 Å². The van der Waals surface area contributed by atoms with Gasteiger partial charge in [-0.3, -0.25) is 0 Å². The third-order valence-corrected chi connectivity index (χ3v) is 10.5. The van der Waals surface area contributed by atoms with E-state index in [2.05, 4.69) is 162 Å². The van der Waals surface area contributed by atoms with Crippen molar-refractivity contribution in [3.05, 3.63) is 113 Å². The Hall–Kier alpha value is -0.500. The molecule has 0 amide bonds. The number of hydrogen-bond donors (Lipinski definition) is 2. The topological polar surface area (TPSA) is 0 Å². The van der Waals surface area contributed by atoms with Gasteiger partial charge in [0.2, 0.25) is 0 Å². The fourth-order valence-electron chi connectivity index (χ4n) is 4.59. The second-order valence-corrected chi connectivity index (χ2v) is 11.7. The molecule has 0 aliphatic heterocycles. The number of thiol groups is 2. The molecular formula is C25H14Br4S2. The number of rotatable bonds is 2. The normalized spacial score (nSPS) is 13.7. The molecule has 0 fully saturated rings. The number of hydrogen-bond acceptors (Lipinski definition) is 2. The average Bonchev–Trinajstić information content (AvgIpc) is 3.06. The second-order valence-electron chi connectivity index (χ2n) is 7.42. The lowest BCUT2D eigenvalue weighted by atomic mass is 9.68. The van der Waals surface area contributed by atoms with E-state index in [4.69, 9.17) is 0 Å². The standard InChI is InChI=1S/C25H14Br4S2/c26-19-9-13(10-20(27)23(19)30)25(14-11-21(28)24(31)22(29)12-14)17-7-3-1-5-15(17)16-6-2-4-8-18(16)25/h1-12,30-31H. The van der Waals surface area contributed by atoms with Crippen molar-refractivity contribution in [1.82, 2.24) is 0 Å². The fourth-order valence-corrected chi connectivity index (χ4v) is 7.22. The monoisotopic (exact) mass is 694 g/mol. The van der Waals surface area contributed by atoms with Gasteiger partial charge < -0.3 is 0 Å². The van der Waals surface area contributed by atoms with Gasteiger partial charge in [-0.2, -0.15) is 0 Å². The first-order valence-corrected chi connectivity index (χ1v) is 13.5. The Labute approximate surface area is 226 Å². The maximum Gasteiger partial charge on any atom is 0.0715 e. The third-order valence-electron chi connectivity index (χ3n) is 5.85. The number of benzene rings is 4. The van der Waals surface area contributed by atoms with Crippen molar-refractivity contribution in [2.45, 2.75) is 15.2 Å². The lowest BCUT2D eigenvalue weighted by Gasteiger charge is -2.35. The van der Waals surface area contributed by atoms with E-state index in [0.29, 0.717) is 0 Å². The lowest BCUT2D eigenvalue weighted by molar-refractivity contribution is 0.762. The van der Waals surface area contributed by atoms with Gasteiger partial charge in [0.25, 0.3) is 0 Å². The summed E-state index contributed by atoms with van der Waals surface area (Å²) in [5.41, 5.74) is 6.84. The zero-order valence-corrected chi connectivity index (χ0v) is 24.0. The van der Waals surface area contributed by atoms with Crippen LogP contribution in [0, 0.1) is 0 Å². The number of halogens is 4. The van der Waals surface area contributed by atoms with Crippen molar-refractivity contribution in [3.8, 4) is 11.1 Å². The van der Waals surface area contributed by atoms with E-state index in [1.165, 1.54) is 22.3 Å². The minimum absolute atomic E-state index is 0.494. The van der Waals surface area contributed by atoms with Crippen LogP contribution in [0.25, 0.3) is 11.1 Å². The van der Waals surface area contributed by atoms with Crippen LogP contribution in [0.3, 0.4) is 0 Å². The van der Waals surface area contributed by atoms with Gasteiger partial charge in [-0.1, -0.05) is 48.5 Å². The smallest absolute Gasteiger partial charge is 0.0715 e. The molecule has 0 atom stereocenters. The Kier molecular flexibility index (Phi) is 6.02. The highest BCUT2D eigenvalue weighted by Gasteiger charge is 2.46. The van der Waals surface area contributed by atoms with Crippen LogP contribution in [0.15, 0.2) is 100 Å². The van der Waals surface area contributed by atoms with E-state index in [1.807, 2.05) is 0 Å². The van der Waals surface area contributed by atoms with Gasteiger partial charge >= 0.3 is 0 Å². The zero-order chi connectivity index (χ0) is 21.9. The van der Waals surface area contributed by atoms with Crippen molar-refractivity contribution >= 4 is 89.0 Å². The van der Waals surface area contributed by atoms with Crippen LogP contribution in [0.2, 0.25) is 0 Å². The Morgan fingerprint density at radius 2 is 0.839 bits per heavy atom. The molecule has 0 unspecified atom stereocenters.